The third-order valence-corrected chi connectivity index (χ3v) is 6.06. The van der Waals surface area contributed by atoms with Gasteiger partial charge in [0.15, 0.2) is 0 Å². The van der Waals surface area contributed by atoms with Crippen molar-refractivity contribution in [3.63, 3.8) is 0 Å². The lowest BCUT2D eigenvalue weighted by atomic mass is 9.92. The van der Waals surface area contributed by atoms with Crippen molar-refractivity contribution in [3.8, 4) is 11.4 Å². The van der Waals surface area contributed by atoms with Crippen molar-refractivity contribution in [3.05, 3.63) is 58.4 Å². The number of anilines is 1. The minimum absolute atomic E-state index is 0.0185. The lowest BCUT2D eigenvalue weighted by Crippen LogP contribution is -2.38. The van der Waals surface area contributed by atoms with Gasteiger partial charge in [0.2, 0.25) is 5.91 Å². The number of nitrogens with one attached hydrogen (secondary N) is 1. The summed E-state index contributed by atoms with van der Waals surface area (Å²) < 4.78 is 6.97. The minimum atomic E-state index is -0.258. The molecule has 0 fully saturated rings. The molecule has 0 spiro atoms. The van der Waals surface area contributed by atoms with E-state index in [4.69, 9.17) is 9.84 Å². The van der Waals surface area contributed by atoms with Gasteiger partial charge in [0, 0.05) is 18.0 Å². The summed E-state index contributed by atoms with van der Waals surface area (Å²) in [6.45, 7) is 8.80. The zero-order valence-electron chi connectivity index (χ0n) is 19.9. The van der Waals surface area contributed by atoms with Crippen molar-refractivity contribution in [1.82, 2.24) is 14.7 Å². The minimum Gasteiger partial charge on any atom is -0.497 e. The lowest BCUT2D eigenvalue weighted by Gasteiger charge is -2.21. The van der Waals surface area contributed by atoms with Gasteiger partial charge in [0.05, 0.1) is 23.4 Å². The number of hydrogen-bond acceptors (Lipinski definition) is 5. The molecule has 7 nitrogen and oxygen atoms in total. The lowest BCUT2D eigenvalue weighted by molar-refractivity contribution is -0.116. The van der Waals surface area contributed by atoms with Gasteiger partial charge in [-0.1, -0.05) is 40.2 Å². The van der Waals surface area contributed by atoms with Gasteiger partial charge < -0.3 is 15.0 Å². The SMILES string of the molecule is CCCCN(CC(=O)Nc1cc(C(C)(C)C)nn1-c1ccc(OC)cc1)C(=O)c1cccs1. The third-order valence-electron chi connectivity index (χ3n) is 5.20. The fourth-order valence-electron chi connectivity index (χ4n) is 3.27. The molecule has 1 aromatic carbocycles. The number of ether oxygens (including phenoxy) is 1. The Hall–Kier alpha value is -3.13. The molecular formula is C25H32N4O3S. The van der Waals surface area contributed by atoms with Crippen molar-refractivity contribution < 1.29 is 14.3 Å². The highest BCUT2D eigenvalue weighted by atomic mass is 32.1. The molecule has 33 heavy (non-hydrogen) atoms. The number of rotatable bonds is 9. The average Bonchev–Trinajstić information content (AvgIpc) is 3.46. The second-order valence-electron chi connectivity index (χ2n) is 8.88. The topological polar surface area (TPSA) is 76.5 Å². The molecule has 0 saturated carbocycles. The Morgan fingerprint density at radius 1 is 1.18 bits per heavy atom. The highest BCUT2D eigenvalue weighted by molar-refractivity contribution is 7.12. The second kappa shape index (κ2) is 10.7. The van der Waals surface area contributed by atoms with Crippen molar-refractivity contribution in [2.24, 2.45) is 0 Å². The monoisotopic (exact) mass is 468 g/mol. The number of unbranched alkanes of at least 4 members (excludes halogenated alkanes) is 1. The molecule has 176 valence electrons. The zero-order valence-corrected chi connectivity index (χ0v) is 20.7. The normalized spacial score (nSPS) is 11.3. The fraction of sp³-hybridized carbons (Fsp3) is 0.400. The number of thiophene rings is 1. The van der Waals surface area contributed by atoms with E-state index in [2.05, 4.69) is 33.0 Å². The van der Waals surface area contributed by atoms with Gasteiger partial charge in [-0.15, -0.1) is 11.3 Å². The smallest absolute Gasteiger partial charge is 0.264 e. The van der Waals surface area contributed by atoms with E-state index in [0.717, 1.165) is 30.0 Å². The van der Waals surface area contributed by atoms with Crippen LogP contribution < -0.4 is 10.1 Å². The summed E-state index contributed by atoms with van der Waals surface area (Å²) >= 11 is 1.39. The predicted octanol–water partition coefficient (Wildman–Crippen LogP) is 5.12. The van der Waals surface area contributed by atoms with Crippen LogP contribution in [0.2, 0.25) is 0 Å². The molecule has 0 saturated heterocycles. The first kappa shape index (κ1) is 24.5. The van der Waals surface area contributed by atoms with Gasteiger partial charge in [0.1, 0.15) is 18.1 Å². The van der Waals surface area contributed by atoms with Crippen molar-refractivity contribution in [1.29, 1.82) is 0 Å². The Morgan fingerprint density at radius 2 is 1.91 bits per heavy atom. The number of nitrogens with zero attached hydrogens (tertiary/aromatic N) is 3. The van der Waals surface area contributed by atoms with Crippen LogP contribution in [0.25, 0.3) is 5.69 Å². The van der Waals surface area contributed by atoms with Gasteiger partial charge in [-0.2, -0.15) is 5.10 Å². The molecule has 0 unspecified atom stereocenters. The standard InChI is InChI=1S/C25H32N4O3S/c1-6-7-14-28(24(31)20-9-8-15-33-20)17-23(30)26-22-16-21(25(2,3)4)27-29(22)18-10-12-19(32-5)13-11-18/h8-13,15-16H,6-7,14,17H2,1-5H3,(H,26,30). The van der Waals surface area contributed by atoms with Gasteiger partial charge >= 0.3 is 0 Å². The van der Waals surface area contributed by atoms with Gasteiger partial charge in [-0.25, -0.2) is 4.68 Å². The van der Waals surface area contributed by atoms with Crippen molar-refractivity contribution in [2.45, 2.75) is 46.0 Å². The first-order chi connectivity index (χ1) is 15.7. The van der Waals surface area contributed by atoms with E-state index >= 15 is 0 Å². The molecule has 2 heterocycles. The van der Waals surface area contributed by atoms with E-state index in [9.17, 15) is 9.59 Å². The quantitative estimate of drug-likeness (QED) is 0.473. The maximum Gasteiger partial charge on any atom is 0.264 e. The van der Waals surface area contributed by atoms with E-state index < -0.39 is 0 Å². The Kier molecular flexibility index (Phi) is 7.92. The summed E-state index contributed by atoms with van der Waals surface area (Å²) in [6, 6.07) is 13.0. The summed E-state index contributed by atoms with van der Waals surface area (Å²) in [5.74, 6) is 0.930. The van der Waals surface area contributed by atoms with Crippen molar-refractivity contribution >= 4 is 29.0 Å². The molecule has 0 aliphatic heterocycles. The van der Waals surface area contributed by atoms with Crippen LogP contribution in [-0.4, -0.2) is 46.7 Å². The van der Waals surface area contributed by atoms with Gasteiger partial charge in [0.25, 0.3) is 5.91 Å². The zero-order chi connectivity index (χ0) is 24.0. The summed E-state index contributed by atoms with van der Waals surface area (Å²) in [4.78, 5) is 28.2. The van der Waals surface area contributed by atoms with Crippen LogP contribution >= 0.6 is 11.3 Å². The second-order valence-corrected chi connectivity index (χ2v) is 9.83. The van der Waals surface area contributed by atoms with E-state index in [0.29, 0.717) is 17.2 Å². The molecule has 3 aromatic rings. The summed E-state index contributed by atoms with van der Waals surface area (Å²) in [5.41, 5.74) is 1.46. The first-order valence-corrected chi connectivity index (χ1v) is 12.0. The largest absolute Gasteiger partial charge is 0.497 e. The molecule has 1 N–H and O–H groups in total. The molecule has 0 bridgehead atoms. The van der Waals surface area contributed by atoms with Crippen LogP contribution in [0.5, 0.6) is 5.75 Å². The Balaban J connectivity index is 1.84. The molecule has 0 aliphatic carbocycles. The maximum atomic E-state index is 13.0. The predicted molar refractivity (Wildman–Crippen MR) is 133 cm³/mol. The molecule has 3 rings (SSSR count). The molecule has 0 aliphatic rings. The molecule has 2 amide bonds. The highest BCUT2D eigenvalue weighted by Gasteiger charge is 2.23. The van der Waals surface area contributed by atoms with Crippen LogP contribution in [0, 0.1) is 0 Å². The van der Waals surface area contributed by atoms with E-state index in [-0.39, 0.29) is 23.8 Å². The fourth-order valence-corrected chi connectivity index (χ4v) is 3.96. The highest BCUT2D eigenvalue weighted by Crippen LogP contribution is 2.27. The molecule has 8 heteroatoms. The molecule has 2 aromatic heterocycles. The Bertz CT molecular complexity index is 1070. The maximum absolute atomic E-state index is 13.0. The molecule has 0 radical (unpaired) electrons. The Labute approximate surface area is 199 Å². The summed E-state index contributed by atoms with van der Waals surface area (Å²) in [6.07, 6.45) is 1.78. The summed E-state index contributed by atoms with van der Waals surface area (Å²) in [7, 11) is 1.62. The number of benzene rings is 1. The number of carbonyl (C=O) groups is 2. The number of hydrogen-bond donors (Lipinski definition) is 1. The van der Waals surface area contributed by atoms with Crippen LogP contribution in [-0.2, 0) is 10.2 Å². The van der Waals surface area contributed by atoms with Crippen molar-refractivity contribution in [2.75, 3.05) is 25.5 Å². The van der Waals surface area contributed by atoms with E-state index in [1.54, 1.807) is 22.8 Å². The average molecular weight is 469 g/mol. The molecular weight excluding hydrogens is 436 g/mol. The van der Waals surface area contributed by atoms with Crippen LogP contribution in [0.15, 0.2) is 47.8 Å². The van der Waals surface area contributed by atoms with Crippen LogP contribution in [0.3, 0.4) is 0 Å². The molecule has 0 atom stereocenters. The van der Waals surface area contributed by atoms with Crippen LogP contribution in [0.4, 0.5) is 5.82 Å². The van der Waals surface area contributed by atoms with Crippen LogP contribution in [0.1, 0.15) is 55.9 Å². The van der Waals surface area contributed by atoms with E-state index in [1.807, 2.05) is 41.8 Å². The number of amides is 2. The Morgan fingerprint density at radius 3 is 2.48 bits per heavy atom. The summed E-state index contributed by atoms with van der Waals surface area (Å²) in [5, 5.41) is 9.59. The van der Waals surface area contributed by atoms with Gasteiger partial charge in [-0.3, -0.25) is 9.59 Å². The number of aromatic nitrogens is 2. The van der Waals surface area contributed by atoms with Gasteiger partial charge in [-0.05, 0) is 42.1 Å². The number of methoxy groups -OCH3 is 1. The third kappa shape index (κ3) is 6.22. The van der Waals surface area contributed by atoms with E-state index in [1.165, 1.54) is 11.3 Å². The number of carbonyl (C=O) groups excluding carboxylic acids is 2. The first-order valence-electron chi connectivity index (χ1n) is 11.1.